The van der Waals surface area contributed by atoms with Crippen LogP contribution in [-0.4, -0.2) is 47.8 Å². The van der Waals surface area contributed by atoms with Gasteiger partial charge in [0.05, 0.1) is 25.4 Å². The molecule has 1 amide bonds. The number of nitrogens with two attached hydrogens (primary N) is 1. The summed E-state index contributed by atoms with van der Waals surface area (Å²) in [6, 6.07) is -0.849. The molecule has 0 aliphatic carbocycles. The average molecular weight is 563 g/mol. The molecule has 38 heavy (non-hydrogen) atoms. The van der Waals surface area contributed by atoms with Gasteiger partial charge in [-0.1, -0.05) is 122 Å². The van der Waals surface area contributed by atoms with Crippen molar-refractivity contribution in [3.63, 3.8) is 0 Å². The van der Waals surface area contributed by atoms with E-state index in [2.05, 4.69) is 19.2 Å². The molecular formula is C29H59N2O6P. The van der Waals surface area contributed by atoms with Crippen molar-refractivity contribution < 1.29 is 28.4 Å². The highest BCUT2D eigenvalue weighted by atomic mass is 31.2. The molecule has 0 heterocycles. The van der Waals surface area contributed by atoms with Crippen LogP contribution in [0.25, 0.3) is 0 Å². The Bertz CT molecular complexity index is 620. The van der Waals surface area contributed by atoms with Crippen LogP contribution in [0, 0.1) is 0 Å². The number of rotatable bonds is 28. The number of hydrogen-bond acceptors (Lipinski definition) is 6. The van der Waals surface area contributed by atoms with Gasteiger partial charge in [0.25, 0.3) is 0 Å². The number of aliphatic hydroxyl groups excluding tert-OH is 1. The van der Waals surface area contributed by atoms with Crippen LogP contribution in [0.15, 0.2) is 12.2 Å². The molecule has 1 unspecified atom stereocenters. The van der Waals surface area contributed by atoms with E-state index in [1.165, 1.54) is 77.0 Å². The Morgan fingerprint density at radius 1 is 0.842 bits per heavy atom. The third-order valence-corrected chi connectivity index (χ3v) is 7.60. The third-order valence-electron chi connectivity index (χ3n) is 6.61. The van der Waals surface area contributed by atoms with Crippen molar-refractivity contribution >= 4 is 13.7 Å². The highest BCUT2D eigenvalue weighted by Crippen LogP contribution is 2.43. The molecule has 226 valence electrons. The summed E-state index contributed by atoms with van der Waals surface area (Å²) in [6.07, 6.45) is 24.1. The minimum atomic E-state index is -4.31. The van der Waals surface area contributed by atoms with Gasteiger partial charge in [-0.2, -0.15) is 0 Å². The predicted molar refractivity (Wildman–Crippen MR) is 157 cm³/mol. The Balaban J connectivity index is 4.45. The first kappa shape index (κ1) is 37.2. The van der Waals surface area contributed by atoms with E-state index in [-0.39, 0.29) is 25.7 Å². The summed E-state index contributed by atoms with van der Waals surface area (Å²) >= 11 is 0. The van der Waals surface area contributed by atoms with Gasteiger partial charge in [-0.15, -0.1) is 0 Å². The van der Waals surface area contributed by atoms with Gasteiger partial charge in [0.2, 0.25) is 5.91 Å². The molecule has 0 radical (unpaired) electrons. The quantitative estimate of drug-likeness (QED) is 0.0462. The van der Waals surface area contributed by atoms with E-state index in [4.69, 9.17) is 14.8 Å². The smallest absolute Gasteiger partial charge is 0.387 e. The van der Waals surface area contributed by atoms with Gasteiger partial charge in [-0.3, -0.25) is 13.8 Å². The number of nitrogens with one attached hydrogen (secondary N) is 1. The van der Waals surface area contributed by atoms with Crippen LogP contribution in [0.3, 0.4) is 0 Å². The highest BCUT2D eigenvalue weighted by Gasteiger charge is 2.26. The van der Waals surface area contributed by atoms with Gasteiger partial charge in [0.1, 0.15) is 0 Å². The maximum atomic E-state index is 12.5. The summed E-state index contributed by atoms with van der Waals surface area (Å²) in [5.41, 5.74) is 5.31. The van der Waals surface area contributed by atoms with E-state index in [9.17, 15) is 19.4 Å². The minimum absolute atomic E-state index is 0.0802. The molecule has 3 atom stereocenters. The zero-order chi connectivity index (χ0) is 28.3. The fraction of sp³-hybridized carbons (Fsp3) is 0.897. The number of phosphoric ester groups is 1. The van der Waals surface area contributed by atoms with Crippen molar-refractivity contribution in [1.29, 1.82) is 0 Å². The number of aliphatic hydroxyl groups is 1. The summed E-state index contributed by atoms with van der Waals surface area (Å²) in [4.78, 5) is 22.3. The van der Waals surface area contributed by atoms with Gasteiger partial charge in [-0.05, 0) is 19.3 Å². The topological polar surface area (TPSA) is 131 Å². The largest absolute Gasteiger partial charge is 0.472 e. The Morgan fingerprint density at radius 2 is 1.34 bits per heavy atom. The Labute approximate surface area is 233 Å². The molecule has 0 aliphatic heterocycles. The van der Waals surface area contributed by atoms with Crippen LogP contribution in [0.4, 0.5) is 0 Å². The van der Waals surface area contributed by atoms with Crippen LogP contribution in [-0.2, 0) is 18.4 Å². The number of amides is 1. The number of allylic oxidation sites excluding steroid dienone is 1. The lowest BCUT2D eigenvalue weighted by atomic mass is 10.1. The fourth-order valence-electron chi connectivity index (χ4n) is 4.25. The second-order valence-electron chi connectivity index (χ2n) is 10.3. The maximum Gasteiger partial charge on any atom is 0.472 e. The molecule has 8 nitrogen and oxygen atoms in total. The Morgan fingerprint density at radius 3 is 1.87 bits per heavy atom. The average Bonchev–Trinajstić information content (AvgIpc) is 2.89. The second-order valence-corrected chi connectivity index (χ2v) is 11.8. The fourth-order valence-corrected chi connectivity index (χ4v) is 5.01. The predicted octanol–water partition coefficient (Wildman–Crippen LogP) is 6.93. The molecule has 0 saturated heterocycles. The van der Waals surface area contributed by atoms with E-state index in [1.54, 1.807) is 6.08 Å². The van der Waals surface area contributed by atoms with E-state index in [0.717, 1.165) is 38.5 Å². The van der Waals surface area contributed by atoms with Crippen LogP contribution in [0.2, 0.25) is 0 Å². The van der Waals surface area contributed by atoms with Crippen molar-refractivity contribution in [3.8, 4) is 0 Å². The summed E-state index contributed by atoms with van der Waals surface area (Å²) in [7, 11) is -4.31. The number of hydrogen-bond donors (Lipinski definition) is 4. The first-order chi connectivity index (χ1) is 18.4. The lowest BCUT2D eigenvalue weighted by molar-refractivity contribution is -0.123. The van der Waals surface area contributed by atoms with Crippen molar-refractivity contribution in [3.05, 3.63) is 12.2 Å². The standard InChI is InChI=1S/C29H59N2O6P/c1-3-5-7-9-11-12-13-14-15-17-18-20-22-28(32)27(26-37-38(34,35)36-25-24-30)31-29(33)23-21-19-16-10-8-6-4-2/h20,22,27-28,32H,3-19,21,23-26,30H2,1-2H3,(H,31,33)(H,34,35)/b22-20+/t27-,28+/m0/s1. The van der Waals surface area contributed by atoms with Gasteiger partial charge in [-0.25, -0.2) is 4.57 Å². The van der Waals surface area contributed by atoms with Crippen LogP contribution in [0.1, 0.15) is 136 Å². The van der Waals surface area contributed by atoms with Crippen molar-refractivity contribution in [2.24, 2.45) is 5.73 Å². The lowest BCUT2D eigenvalue weighted by Gasteiger charge is -2.23. The Kier molecular flexibility index (Phi) is 25.9. The third kappa shape index (κ3) is 24.3. The van der Waals surface area contributed by atoms with Gasteiger partial charge in [0.15, 0.2) is 0 Å². The first-order valence-corrected chi connectivity index (χ1v) is 16.8. The van der Waals surface area contributed by atoms with E-state index in [0.29, 0.717) is 6.42 Å². The maximum absolute atomic E-state index is 12.5. The summed E-state index contributed by atoms with van der Waals surface area (Å²) in [5.74, 6) is -0.204. The number of carbonyl (C=O) groups is 1. The highest BCUT2D eigenvalue weighted by molar-refractivity contribution is 7.47. The lowest BCUT2D eigenvalue weighted by Crippen LogP contribution is -2.45. The van der Waals surface area contributed by atoms with Crippen LogP contribution in [0.5, 0.6) is 0 Å². The molecule has 9 heteroatoms. The Hall–Kier alpha value is -0.760. The monoisotopic (exact) mass is 562 g/mol. The molecule has 0 rings (SSSR count). The zero-order valence-electron chi connectivity index (χ0n) is 24.4. The van der Waals surface area contributed by atoms with Gasteiger partial charge in [0, 0.05) is 13.0 Å². The first-order valence-electron chi connectivity index (χ1n) is 15.3. The summed E-state index contributed by atoms with van der Waals surface area (Å²) in [6.45, 7) is 4.04. The van der Waals surface area contributed by atoms with Crippen molar-refractivity contribution in [1.82, 2.24) is 5.32 Å². The van der Waals surface area contributed by atoms with E-state index >= 15 is 0 Å². The minimum Gasteiger partial charge on any atom is -0.387 e. The molecule has 0 bridgehead atoms. The molecule has 0 spiro atoms. The molecule has 5 N–H and O–H groups in total. The molecule has 0 aromatic heterocycles. The van der Waals surface area contributed by atoms with Gasteiger partial charge < -0.3 is 21.1 Å². The van der Waals surface area contributed by atoms with Crippen LogP contribution >= 0.6 is 7.82 Å². The normalized spacial score (nSPS) is 15.0. The zero-order valence-corrected chi connectivity index (χ0v) is 25.3. The van der Waals surface area contributed by atoms with Crippen molar-refractivity contribution in [2.45, 2.75) is 148 Å². The summed E-state index contributed by atoms with van der Waals surface area (Å²) < 4.78 is 21.8. The van der Waals surface area contributed by atoms with E-state index < -0.39 is 20.0 Å². The molecule has 0 aromatic rings. The van der Waals surface area contributed by atoms with Crippen molar-refractivity contribution in [2.75, 3.05) is 19.8 Å². The SMILES string of the molecule is CCCCCCCCCCCC/C=C/[C@@H](O)[C@H](COP(=O)(O)OCCN)NC(=O)CCCCCCCCC. The van der Waals surface area contributed by atoms with Crippen LogP contribution < -0.4 is 11.1 Å². The second kappa shape index (κ2) is 26.5. The number of phosphoric acid groups is 1. The molecule has 0 saturated carbocycles. The summed E-state index contributed by atoms with van der Waals surface area (Å²) in [5, 5.41) is 13.4. The molecular weight excluding hydrogens is 503 g/mol. The van der Waals surface area contributed by atoms with E-state index in [1.807, 2.05) is 6.08 Å². The molecule has 0 aromatic carbocycles. The molecule has 0 aliphatic rings. The molecule has 0 fully saturated rings. The number of unbranched alkanes of at least 4 members (excludes halogenated alkanes) is 16. The van der Waals surface area contributed by atoms with Gasteiger partial charge >= 0.3 is 7.82 Å². The number of carbonyl (C=O) groups excluding carboxylic acids is 1.